The van der Waals surface area contributed by atoms with E-state index >= 15 is 0 Å². The minimum Gasteiger partial charge on any atom is -0.362 e. The molecule has 1 aromatic heterocycles. The number of rotatable bonds is 4. The Labute approximate surface area is 115 Å². The van der Waals surface area contributed by atoms with Crippen LogP contribution in [0, 0.1) is 11.6 Å². The predicted molar refractivity (Wildman–Crippen MR) is 75.4 cm³/mol. The second-order valence-electron chi connectivity index (χ2n) is 4.41. The summed E-state index contributed by atoms with van der Waals surface area (Å²) in [5.41, 5.74) is 5.84. The van der Waals surface area contributed by atoms with Crippen LogP contribution in [0.2, 0.25) is 0 Å². The second kappa shape index (κ2) is 5.67. The van der Waals surface area contributed by atoms with E-state index in [0.717, 1.165) is 4.88 Å². The molecule has 19 heavy (non-hydrogen) atoms. The summed E-state index contributed by atoms with van der Waals surface area (Å²) in [6.45, 7) is 2.04. The monoisotopic (exact) mass is 282 g/mol. The van der Waals surface area contributed by atoms with Crippen LogP contribution in [0.3, 0.4) is 0 Å². The SMILES string of the molecule is CC(c1cccs1)N(C)c1c(F)cc(CN)cc1F. The number of nitrogens with zero attached hydrogens (tertiary/aromatic N) is 1. The number of benzene rings is 1. The van der Waals surface area contributed by atoms with Crippen LogP contribution >= 0.6 is 11.3 Å². The van der Waals surface area contributed by atoms with E-state index in [2.05, 4.69) is 0 Å². The number of thiophene rings is 1. The summed E-state index contributed by atoms with van der Waals surface area (Å²) in [5.74, 6) is -1.15. The molecule has 0 aliphatic carbocycles. The van der Waals surface area contributed by atoms with E-state index in [9.17, 15) is 8.78 Å². The third-order valence-corrected chi connectivity index (χ3v) is 4.24. The van der Waals surface area contributed by atoms with E-state index in [1.165, 1.54) is 12.1 Å². The van der Waals surface area contributed by atoms with Gasteiger partial charge in [-0.15, -0.1) is 11.3 Å². The average Bonchev–Trinajstić information content (AvgIpc) is 2.90. The molecule has 1 atom stereocenters. The number of nitrogens with two attached hydrogens (primary N) is 1. The molecule has 2 aromatic rings. The summed E-state index contributed by atoms with van der Waals surface area (Å²) >= 11 is 1.57. The highest BCUT2D eigenvalue weighted by Crippen LogP contribution is 2.32. The number of anilines is 1. The van der Waals surface area contributed by atoms with E-state index in [0.29, 0.717) is 5.56 Å². The Bertz CT molecular complexity index is 532. The fourth-order valence-electron chi connectivity index (χ4n) is 1.99. The Hall–Kier alpha value is -1.46. The molecular weight excluding hydrogens is 266 g/mol. The third kappa shape index (κ3) is 2.77. The molecular formula is C14H16F2N2S. The quantitative estimate of drug-likeness (QED) is 0.927. The zero-order chi connectivity index (χ0) is 14.0. The van der Waals surface area contributed by atoms with Gasteiger partial charge in [0.1, 0.15) is 17.3 Å². The van der Waals surface area contributed by atoms with Crippen LogP contribution in [0.5, 0.6) is 0 Å². The summed E-state index contributed by atoms with van der Waals surface area (Å²) in [7, 11) is 1.69. The highest BCUT2D eigenvalue weighted by Gasteiger charge is 2.20. The van der Waals surface area contributed by atoms with Gasteiger partial charge >= 0.3 is 0 Å². The molecule has 0 aliphatic rings. The molecule has 1 aromatic carbocycles. The molecule has 102 valence electrons. The largest absolute Gasteiger partial charge is 0.362 e. The number of halogens is 2. The number of hydrogen-bond acceptors (Lipinski definition) is 3. The Morgan fingerprint density at radius 3 is 2.42 bits per heavy atom. The molecule has 2 rings (SSSR count). The van der Waals surface area contributed by atoms with Gasteiger partial charge in [-0.1, -0.05) is 6.07 Å². The van der Waals surface area contributed by atoms with Crippen molar-refractivity contribution in [3.05, 3.63) is 51.7 Å². The fourth-order valence-corrected chi connectivity index (χ4v) is 2.81. The Kier molecular flexibility index (Phi) is 4.17. The summed E-state index contributed by atoms with van der Waals surface area (Å²) < 4.78 is 28.0. The van der Waals surface area contributed by atoms with Gasteiger partial charge < -0.3 is 10.6 Å². The molecule has 0 bridgehead atoms. The zero-order valence-corrected chi connectivity index (χ0v) is 11.7. The summed E-state index contributed by atoms with van der Waals surface area (Å²) in [6, 6.07) is 6.36. The summed E-state index contributed by atoms with van der Waals surface area (Å²) in [4.78, 5) is 2.67. The summed E-state index contributed by atoms with van der Waals surface area (Å²) in [5, 5.41) is 1.95. The Morgan fingerprint density at radius 2 is 1.95 bits per heavy atom. The number of hydrogen-bond donors (Lipinski definition) is 1. The predicted octanol–water partition coefficient (Wildman–Crippen LogP) is 3.68. The van der Waals surface area contributed by atoms with E-state index in [4.69, 9.17) is 5.73 Å². The lowest BCUT2D eigenvalue weighted by atomic mass is 10.1. The molecule has 0 radical (unpaired) electrons. The first kappa shape index (κ1) is 14.0. The van der Waals surface area contributed by atoms with Crippen LogP contribution in [0.15, 0.2) is 29.6 Å². The van der Waals surface area contributed by atoms with Crippen molar-refractivity contribution in [1.82, 2.24) is 0 Å². The van der Waals surface area contributed by atoms with Gasteiger partial charge in [-0.3, -0.25) is 0 Å². The van der Waals surface area contributed by atoms with Crippen LogP contribution in [0.25, 0.3) is 0 Å². The van der Waals surface area contributed by atoms with Crippen molar-refractivity contribution in [1.29, 1.82) is 0 Å². The van der Waals surface area contributed by atoms with Crippen molar-refractivity contribution in [2.24, 2.45) is 5.73 Å². The van der Waals surface area contributed by atoms with Crippen molar-refractivity contribution in [3.8, 4) is 0 Å². The lowest BCUT2D eigenvalue weighted by Gasteiger charge is -2.27. The van der Waals surface area contributed by atoms with Gasteiger partial charge in [0.2, 0.25) is 0 Å². The van der Waals surface area contributed by atoms with Gasteiger partial charge in [0.25, 0.3) is 0 Å². The summed E-state index contributed by atoms with van der Waals surface area (Å²) in [6.07, 6.45) is 0. The molecule has 5 heteroatoms. The zero-order valence-electron chi connectivity index (χ0n) is 10.9. The van der Waals surface area contributed by atoms with Gasteiger partial charge in [0.15, 0.2) is 0 Å². The van der Waals surface area contributed by atoms with E-state index in [1.54, 1.807) is 23.3 Å². The van der Waals surface area contributed by atoms with Gasteiger partial charge in [0, 0.05) is 18.5 Å². The molecule has 0 fully saturated rings. The average molecular weight is 282 g/mol. The fraction of sp³-hybridized carbons (Fsp3) is 0.286. The van der Waals surface area contributed by atoms with Crippen molar-refractivity contribution in [2.45, 2.75) is 19.5 Å². The van der Waals surface area contributed by atoms with Crippen LogP contribution in [0.4, 0.5) is 14.5 Å². The van der Waals surface area contributed by atoms with Crippen molar-refractivity contribution >= 4 is 17.0 Å². The highest BCUT2D eigenvalue weighted by molar-refractivity contribution is 7.10. The first-order chi connectivity index (χ1) is 9.04. The van der Waals surface area contributed by atoms with Gasteiger partial charge in [-0.25, -0.2) is 8.78 Å². The Balaban J connectivity index is 2.36. The molecule has 0 aliphatic heterocycles. The highest BCUT2D eigenvalue weighted by atomic mass is 32.1. The normalized spacial score (nSPS) is 12.5. The maximum Gasteiger partial charge on any atom is 0.149 e. The molecule has 2 N–H and O–H groups in total. The van der Waals surface area contributed by atoms with Gasteiger partial charge in [0.05, 0.1) is 6.04 Å². The van der Waals surface area contributed by atoms with Crippen molar-refractivity contribution in [3.63, 3.8) is 0 Å². The standard InChI is InChI=1S/C14H16F2N2S/c1-9(13-4-3-5-19-13)18(2)14-11(15)6-10(8-17)7-12(14)16/h3-7,9H,8,17H2,1-2H3. The molecule has 0 saturated heterocycles. The molecule has 0 saturated carbocycles. The van der Waals surface area contributed by atoms with Crippen LogP contribution in [-0.2, 0) is 6.54 Å². The first-order valence-corrected chi connectivity index (χ1v) is 6.86. The maximum atomic E-state index is 14.0. The topological polar surface area (TPSA) is 29.3 Å². The van der Waals surface area contributed by atoms with Gasteiger partial charge in [-0.05, 0) is 36.1 Å². The smallest absolute Gasteiger partial charge is 0.149 e. The van der Waals surface area contributed by atoms with E-state index < -0.39 is 11.6 Å². The second-order valence-corrected chi connectivity index (χ2v) is 5.39. The molecule has 1 heterocycles. The Morgan fingerprint density at radius 1 is 1.32 bits per heavy atom. The lowest BCUT2D eigenvalue weighted by molar-refractivity contribution is 0.564. The molecule has 0 spiro atoms. The molecule has 2 nitrogen and oxygen atoms in total. The van der Waals surface area contributed by atoms with Crippen LogP contribution in [0.1, 0.15) is 23.4 Å². The lowest BCUT2D eigenvalue weighted by Crippen LogP contribution is -2.23. The maximum absolute atomic E-state index is 14.0. The third-order valence-electron chi connectivity index (χ3n) is 3.20. The van der Waals surface area contributed by atoms with Crippen molar-refractivity contribution < 1.29 is 8.78 Å². The molecule has 1 unspecified atom stereocenters. The minimum absolute atomic E-state index is 0.0156. The van der Waals surface area contributed by atoms with Gasteiger partial charge in [-0.2, -0.15) is 0 Å². The minimum atomic E-state index is -0.577. The van der Waals surface area contributed by atoms with E-state index in [1.807, 2.05) is 24.4 Å². The van der Waals surface area contributed by atoms with Crippen LogP contribution in [-0.4, -0.2) is 7.05 Å². The molecule has 0 amide bonds. The first-order valence-electron chi connectivity index (χ1n) is 5.98. The van der Waals surface area contributed by atoms with E-state index in [-0.39, 0.29) is 18.3 Å². The van der Waals surface area contributed by atoms with Crippen LogP contribution < -0.4 is 10.6 Å². The van der Waals surface area contributed by atoms with Crippen molar-refractivity contribution in [2.75, 3.05) is 11.9 Å².